The van der Waals surface area contributed by atoms with Gasteiger partial charge in [0.25, 0.3) is 0 Å². The first-order valence-corrected chi connectivity index (χ1v) is 11.9. The van der Waals surface area contributed by atoms with Gasteiger partial charge in [-0.05, 0) is 0 Å². The minimum atomic E-state index is -4.16. The highest BCUT2D eigenvalue weighted by atomic mass is 19.3. The van der Waals surface area contributed by atoms with Crippen LogP contribution in [0.3, 0.4) is 0 Å². The van der Waals surface area contributed by atoms with Crippen molar-refractivity contribution in [1.29, 1.82) is 0 Å². The standard InChI is InChI=1S/C21H36F8O12/c22-18(23,38-7-3-32)15-36-9-17(10-37-16-19(24,25)39-8-4-33,11-40-20(26,27)13-34-5-1-30)12-41-21(28,29)14-35-6-2-31/h30-33H,1-16H2. The number of aliphatic hydroxyl groups excluding tert-OH is 4. The van der Waals surface area contributed by atoms with Gasteiger partial charge in [-0.25, -0.2) is 0 Å². The Hall–Kier alpha value is -1.04. The molecular weight excluding hydrogens is 596 g/mol. The van der Waals surface area contributed by atoms with Crippen LogP contribution < -0.4 is 0 Å². The van der Waals surface area contributed by atoms with Crippen molar-refractivity contribution in [3.8, 4) is 0 Å². The molecule has 4 N–H and O–H groups in total. The fraction of sp³-hybridized carbons (Fsp3) is 1.00. The molecule has 0 saturated carbocycles. The first-order chi connectivity index (χ1) is 19.1. The topological polar surface area (TPSA) is 155 Å². The molecule has 0 aliphatic rings. The molecule has 0 aliphatic carbocycles. The van der Waals surface area contributed by atoms with E-state index in [1.807, 2.05) is 0 Å². The molecule has 0 atom stereocenters. The van der Waals surface area contributed by atoms with Gasteiger partial charge in [0, 0.05) is 0 Å². The van der Waals surface area contributed by atoms with Crippen molar-refractivity contribution in [2.45, 2.75) is 24.4 Å². The molecule has 0 unspecified atom stereocenters. The van der Waals surface area contributed by atoms with Crippen LogP contribution in [0.5, 0.6) is 0 Å². The highest BCUT2D eigenvalue weighted by molar-refractivity contribution is 4.81. The van der Waals surface area contributed by atoms with Gasteiger partial charge in [0.1, 0.15) is 26.4 Å². The first-order valence-electron chi connectivity index (χ1n) is 11.9. The summed E-state index contributed by atoms with van der Waals surface area (Å²) in [5, 5.41) is 34.6. The van der Waals surface area contributed by atoms with E-state index in [2.05, 4.69) is 28.4 Å². The van der Waals surface area contributed by atoms with Crippen molar-refractivity contribution in [2.75, 3.05) is 106 Å². The van der Waals surface area contributed by atoms with E-state index >= 15 is 0 Å². The van der Waals surface area contributed by atoms with Crippen LogP contribution in [-0.2, 0) is 37.9 Å². The van der Waals surface area contributed by atoms with Gasteiger partial charge in [-0.2, -0.15) is 35.1 Å². The molecule has 0 bridgehead atoms. The molecule has 0 saturated heterocycles. The predicted molar refractivity (Wildman–Crippen MR) is 118 cm³/mol. The summed E-state index contributed by atoms with van der Waals surface area (Å²) in [5.41, 5.74) is -2.40. The van der Waals surface area contributed by atoms with E-state index in [0.29, 0.717) is 0 Å². The molecule has 248 valence electrons. The fourth-order valence-corrected chi connectivity index (χ4v) is 2.61. The minimum Gasteiger partial charge on any atom is -0.394 e. The van der Waals surface area contributed by atoms with Crippen molar-refractivity contribution < 1.29 is 93.4 Å². The molecule has 0 aromatic carbocycles. The zero-order valence-electron chi connectivity index (χ0n) is 21.9. The number of ether oxygens (including phenoxy) is 8. The zero-order valence-corrected chi connectivity index (χ0v) is 21.9. The van der Waals surface area contributed by atoms with E-state index in [1.165, 1.54) is 0 Å². The Morgan fingerprint density at radius 1 is 0.341 bits per heavy atom. The molecule has 0 aromatic rings. The van der Waals surface area contributed by atoms with Gasteiger partial charge in [-0.15, -0.1) is 0 Å². The summed E-state index contributed by atoms with van der Waals surface area (Å²) in [6, 6.07) is 0. The molecule has 41 heavy (non-hydrogen) atoms. The van der Waals surface area contributed by atoms with Crippen LogP contribution in [0.15, 0.2) is 0 Å². The number of alkyl halides is 8. The number of rotatable bonds is 28. The Balaban J connectivity index is 5.89. The molecule has 0 heterocycles. The molecule has 0 rings (SSSR count). The maximum Gasteiger partial charge on any atom is 0.379 e. The summed E-state index contributed by atoms with van der Waals surface area (Å²) in [6.45, 7) is -16.8. The lowest BCUT2D eigenvalue weighted by Gasteiger charge is -2.35. The summed E-state index contributed by atoms with van der Waals surface area (Å²) in [5.74, 6) is 0. The molecule has 0 aliphatic heterocycles. The van der Waals surface area contributed by atoms with Crippen LogP contribution in [0.1, 0.15) is 0 Å². The summed E-state index contributed by atoms with van der Waals surface area (Å²) in [7, 11) is 0. The second kappa shape index (κ2) is 20.0. The lowest BCUT2D eigenvalue weighted by atomic mass is 9.92. The largest absolute Gasteiger partial charge is 0.394 e. The Labute approximate surface area is 229 Å². The summed E-state index contributed by atoms with van der Waals surface area (Å²) in [6.07, 6.45) is -16.4. The summed E-state index contributed by atoms with van der Waals surface area (Å²) >= 11 is 0. The summed E-state index contributed by atoms with van der Waals surface area (Å²) < 4.78 is 147. The van der Waals surface area contributed by atoms with E-state index in [0.717, 1.165) is 0 Å². The normalized spacial score (nSPS) is 13.8. The van der Waals surface area contributed by atoms with E-state index < -0.39 is 136 Å². The van der Waals surface area contributed by atoms with Crippen LogP contribution in [0.25, 0.3) is 0 Å². The van der Waals surface area contributed by atoms with Crippen LogP contribution in [-0.4, -0.2) is 151 Å². The van der Waals surface area contributed by atoms with Crippen molar-refractivity contribution in [3.05, 3.63) is 0 Å². The van der Waals surface area contributed by atoms with Gasteiger partial charge in [0.15, 0.2) is 0 Å². The predicted octanol–water partition coefficient (Wildman–Crippen LogP) is 0.446. The fourth-order valence-electron chi connectivity index (χ4n) is 2.61. The first kappa shape index (κ1) is 40.0. The van der Waals surface area contributed by atoms with Crippen molar-refractivity contribution in [3.63, 3.8) is 0 Å². The van der Waals surface area contributed by atoms with Crippen LogP contribution in [0.4, 0.5) is 35.1 Å². The lowest BCUT2D eigenvalue weighted by molar-refractivity contribution is -0.316. The highest BCUT2D eigenvalue weighted by Gasteiger charge is 2.44. The van der Waals surface area contributed by atoms with Gasteiger partial charge in [0.05, 0.1) is 84.7 Å². The third-order valence-electron chi connectivity index (χ3n) is 4.36. The van der Waals surface area contributed by atoms with E-state index in [9.17, 15) is 35.1 Å². The highest BCUT2D eigenvalue weighted by Crippen LogP contribution is 2.30. The number of hydrogen-bond acceptors (Lipinski definition) is 12. The van der Waals surface area contributed by atoms with Gasteiger partial charge in [-0.3, -0.25) is 0 Å². The van der Waals surface area contributed by atoms with Gasteiger partial charge >= 0.3 is 24.4 Å². The average molecular weight is 632 g/mol. The van der Waals surface area contributed by atoms with Crippen LogP contribution in [0, 0.1) is 5.41 Å². The second-order valence-electron chi connectivity index (χ2n) is 8.31. The SMILES string of the molecule is OCCOCC(F)(F)OCC(COCC(F)(F)OCCO)(COCC(F)(F)OCCO)COC(F)(F)COCCO. The maximum absolute atomic E-state index is 14.2. The molecule has 20 heteroatoms. The number of hydrogen-bond donors (Lipinski definition) is 4. The zero-order chi connectivity index (χ0) is 31.5. The minimum absolute atomic E-state index is 0.536. The van der Waals surface area contributed by atoms with E-state index in [-0.39, 0.29) is 0 Å². The molecule has 0 fully saturated rings. The van der Waals surface area contributed by atoms with Crippen molar-refractivity contribution in [1.82, 2.24) is 0 Å². The van der Waals surface area contributed by atoms with E-state index in [1.54, 1.807) is 0 Å². The molecule has 0 amide bonds. The quantitative estimate of drug-likeness (QED) is 0.0700. The smallest absolute Gasteiger partial charge is 0.379 e. The molecule has 0 spiro atoms. The third kappa shape index (κ3) is 20.5. The van der Waals surface area contributed by atoms with Crippen molar-refractivity contribution in [2.24, 2.45) is 5.41 Å². The monoisotopic (exact) mass is 632 g/mol. The summed E-state index contributed by atoms with van der Waals surface area (Å²) in [4.78, 5) is 0. The van der Waals surface area contributed by atoms with Gasteiger partial charge in [0.2, 0.25) is 0 Å². The average Bonchev–Trinajstić information content (AvgIpc) is 2.88. The Morgan fingerprint density at radius 3 is 0.951 bits per heavy atom. The number of halogens is 8. The van der Waals surface area contributed by atoms with E-state index in [4.69, 9.17) is 29.9 Å². The van der Waals surface area contributed by atoms with Crippen molar-refractivity contribution >= 4 is 0 Å². The molecule has 0 radical (unpaired) electrons. The Kier molecular flexibility index (Phi) is 19.5. The molecule has 12 nitrogen and oxygen atoms in total. The Bertz CT molecular complexity index is 610. The maximum atomic E-state index is 14.2. The lowest BCUT2D eigenvalue weighted by Crippen LogP contribution is -2.48. The molecular formula is C21H36F8O12. The van der Waals surface area contributed by atoms with Gasteiger partial charge < -0.3 is 58.3 Å². The Morgan fingerprint density at radius 2 is 0.634 bits per heavy atom. The molecule has 0 aromatic heterocycles. The number of aliphatic hydroxyl groups is 4. The van der Waals surface area contributed by atoms with Gasteiger partial charge in [-0.1, -0.05) is 0 Å². The van der Waals surface area contributed by atoms with Crippen LogP contribution in [0.2, 0.25) is 0 Å². The third-order valence-corrected chi connectivity index (χ3v) is 4.36. The van der Waals surface area contributed by atoms with Crippen LogP contribution >= 0.6 is 0 Å². The second-order valence-corrected chi connectivity index (χ2v) is 8.31.